The number of furan rings is 1. The second-order valence-corrected chi connectivity index (χ2v) is 4.82. The van der Waals surface area contributed by atoms with Gasteiger partial charge in [-0.05, 0) is 30.4 Å². The van der Waals surface area contributed by atoms with Gasteiger partial charge in [0.25, 0.3) is 5.91 Å². The minimum atomic E-state index is -0.0871. The molecule has 1 heterocycles. The molecule has 16 heavy (non-hydrogen) atoms. The van der Waals surface area contributed by atoms with E-state index >= 15 is 0 Å². The summed E-state index contributed by atoms with van der Waals surface area (Å²) in [7, 11) is 0. The van der Waals surface area contributed by atoms with E-state index in [0.717, 1.165) is 6.42 Å². The van der Waals surface area contributed by atoms with Crippen molar-refractivity contribution in [3.05, 3.63) is 24.2 Å². The van der Waals surface area contributed by atoms with Crippen molar-refractivity contribution in [1.29, 1.82) is 0 Å². The van der Waals surface area contributed by atoms with E-state index in [1.165, 1.54) is 19.1 Å². The zero-order chi connectivity index (χ0) is 11.5. The molecule has 1 amide bonds. The molecule has 0 aliphatic heterocycles. The summed E-state index contributed by atoms with van der Waals surface area (Å²) in [6.07, 6.45) is 5.09. The summed E-state index contributed by atoms with van der Waals surface area (Å²) in [5.41, 5.74) is 0. The molecule has 1 aromatic rings. The molecular weight excluding hydrogens is 202 g/mol. The van der Waals surface area contributed by atoms with Crippen LogP contribution in [0.4, 0.5) is 0 Å². The lowest BCUT2D eigenvalue weighted by molar-refractivity contribution is 0.0863. The molecule has 1 aromatic heterocycles. The summed E-state index contributed by atoms with van der Waals surface area (Å²) >= 11 is 0. The number of nitrogens with one attached hydrogen (secondary N) is 1. The van der Waals surface area contributed by atoms with E-state index in [0.29, 0.717) is 23.6 Å². The fourth-order valence-electron chi connectivity index (χ4n) is 2.43. The number of carbonyl (C=O) groups excluding carboxylic acids is 1. The summed E-state index contributed by atoms with van der Waals surface area (Å²) < 4.78 is 5.09. The summed E-state index contributed by atoms with van der Waals surface area (Å²) in [4.78, 5) is 11.8. The van der Waals surface area contributed by atoms with Crippen LogP contribution in [0.3, 0.4) is 0 Å². The first-order valence-electron chi connectivity index (χ1n) is 6.03. The van der Waals surface area contributed by atoms with Gasteiger partial charge in [0.2, 0.25) is 0 Å². The Hall–Kier alpha value is -1.25. The van der Waals surface area contributed by atoms with Crippen molar-refractivity contribution in [3.63, 3.8) is 0 Å². The molecule has 1 fully saturated rings. The molecule has 0 unspecified atom stereocenters. The van der Waals surface area contributed by atoms with Gasteiger partial charge >= 0.3 is 0 Å². The normalized spacial score (nSPS) is 30.0. The van der Waals surface area contributed by atoms with Gasteiger partial charge in [0.1, 0.15) is 0 Å². The quantitative estimate of drug-likeness (QED) is 0.834. The third-order valence-electron chi connectivity index (χ3n) is 3.77. The minimum absolute atomic E-state index is 0.0871. The molecule has 2 rings (SSSR count). The predicted molar refractivity (Wildman–Crippen MR) is 62.1 cm³/mol. The lowest BCUT2D eigenvalue weighted by atomic mass is 9.78. The molecule has 0 bridgehead atoms. The number of amides is 1. The van der Waals surface area contributed by atoms with E-state index in [1.54, 1.807) is 12.1 Å². The second-order valence-electron chi connectivity index (χ2n) is 4.82. The van der Waals surface area contributed by atoms with Gasteiger partial charge in [-0.15, -0.1) is 0 Å². The van der Waals surface area contributed by atoms with Crippen LogP contribution in [-0.4, -0.2) is 11.9 Å². The summed E-state index contributed by atoms with van der Waals surface area (Å²) in [5.74, 6) is 1.56. The van der Waals surface area contributed by atoms with Crippen molar-refractivity contribution in [3.8, 4) is 0 Å². The third-order valence-corrected chi connectivity index (χ3v) is 3.77. The highest BCUT2D eigenvalue weighted by atomic mass is 16.3. The van der Waals surface area contributed by atoms with Crippen LogP contribution in [0.25, 0.3) is 0 Å². The molecule has 3 nitrogen and oxygen atoms in total. The molecule has 3 atom stereocenters. The van der Waals surface area contributed by atoms with Crippen LogP contribution < -0.4 is 5.32 Å². The van der Waals surface area contributed by atoms with Crippen LogP contribution >= 0.6 is 0 Å². The van der Waals surface area contributed by atoms with Crippen molar-refractivity contribution >= 4 is 5.91 Å². The number of rotatable bonds is 2. The first-order valence-corrected chi connectivity index (χ1v) is 6.03. The number of hydrogen-bond donors (Lipinski definition) is 1. The predicted octanol–water partition coefficient (Wildman–Crippen LogP) is 2.83. The monoisotopic (exact) mass is 221 g/mol. The zero-order valence-corrected chi connectivity index (χ0v) is 9.90. The Morgan fingerprint density at radius 1 is 1.44 bits per heavy atom. The zero-order valence-electron chi connectivity index (χ0n) is 9.90. The fourth-order valence-corrected chi connectivity index (χ4v) is 2.43. The van der Waals surface area contributed by atoms with Crippen LogP contribution in [0.5, 0.6) is 0 Å². The topological polar surface area (TPSA) is 42.2 Å². The van der Waals surface area contributed by atoms with Crippen molar-refractivity contribution in [2.45, 2.75) is 39.2 Å². The second kappa shape index (κ2) is 4.73. The maximum Gasteiger partial charge on any atom is 0.287 e. The molecule has 0 aromatic carbocycles. The maximum atomic E-state index is 11.8. The van der Waals surface area contributed by atoms with Crippen molar-refractivity contribution in [2.75, 3.05) is 0 Å². The van der Waals surface area contributed by atoms with Gasteiger partial charge < -0.3 is 9.73 Å². The van der Waals surface area contributed by atoms with E-state index in [2.05, 4.69) is 19.2 Å². The van der Waals surface area contributed by atoms with Gasteiger partial charge in [0, 0.05) is 6.04 Å². The minimum Gasteiger partial charge on any atom is -0.459 e. The molecule has 1 aliphatic rings. The highest BCUT2D eigenvalue weighted by molar-refractivity contribution is 5.91. The molecule has 88 valence electrons. The van der Waals surface area contributed by atoms with Crippen molar-refractivity contribution < 1.29 is 9.21 Å². The molecule has 1 saturated carbocycles. The van der Waals surface area contributed by atoms with E-state index in [9.17, 15) is 4.79 Å². The molecule has 1 aliphatic carbocycles. The highest BCUT2D eigenvalue weighted by Gasteiger charge is 2.28. The SMILES string of the molecule is C[C@@H]1[C@H](C)CCC[C@@H]1NC(=O)c1ccco1. The Kier molecular flexibility index (Phi) is 3.32. The average molecular weight is 221 g/mol. The van der Waals surface area contributed by atoms with Gasteiger partial charge in [-0.2, -0.15) is 0 Å². The largest absolute Gasteiger partial charge is 0.459 e. The lowest BCUT2D eigenvalue weighted by Crippen LogP contribution is -2.43. The molecule has 3 heteroatoms. The Morgan fingerprint density at radius 3 is 2.94 bits per heavy atom. The first kappa shape index (κ1) is 11.2. The number of hydrogen-bond acceptors (Lipinski definition) is 2. The first-order chi connectivity index (χ1) is 7.68. The maximum absolute atomic E-state index is 11.8. The Morgan fingerprint density at radius 2 is 2.25 bits per heavy atom. The van der Waals surface area contributed by atoms with Crippen LogP contribution in [-0.2, 0) is 0 Å². The van der Waals surface area contributed by atoms with Gasteiger partial charge in [-0.3, -0.25) is 4.79 Å². The van der Waals surface area contributed by atoms with Gasteiger partial charge in [-0.1, -0.05) is 26.7 Å². The highest BCUT2D eigenvalue weighted by Crippen LogP contribution is 2.29. The van der Waals surface area contributed by atoms with Gasteiger partial charge in [-0.25, -0.2) is 0 Å². The van der Waals surface area contributed by atoms with Crippen LogP contribution in [0.15, 0.2) is 22.8 Å². The van der Waals surface area contributed by atoms with E-state index in [4.69, 9.17) is 4.42 Å². The standard InChI is InChI=1S/C13H19NO2/c1-9-5-3-6-11(10(9)2)14-13(15)12-7-4-8-16-12/h4,7-11H,3,5-6H2,1-2H3,(H,14,15)/t9-,10-,11+/m1/s1. The van der Waals surface area contributed by atoms with Crippen molar-refractivity contribution in [2.24, 2.45) is 11.8 Å². The molecule has 1 N–H and O–H groups in total. The van der Waals surface area contributed by atoms with Crippen LogP contribution in [0.1, 0.15) is 43.7 Å². The molecular formula is C13H19NO2. The Labute approximate surface area is 96.2 Å². The lowest BCUT2D eigenvalue weighted by Gasteiger charge is -2.34. The van der Waals surface area contributed by atoms with E-state index < -0.39 is 0 Å². The summed E-state index contributed by atoms with van der Waals surface area (Å²) in [6, 6.07) is 3.73. The van der Waals surface area contributed by atoms with Crippen molar-refractivity contribution in [1.82, 2.24) is 5.32 Å². The number of carbonyl (C=O) groups is 1. The molecule has 0 spiro atoms. The summed E-state index contributed by atoms with van der Waals surface area (Å²) in [5, 5.41) is 3.07. The Balaban J connectivity index is 1.96. The van der Waals surface area contributed by atoms with Crippen LogP contribution in [0.2, 0.25) is 0 Å². The van der Waals surface area contributed by atoms with E-state index in [1.807, 2.05) is 0 Å². The van der Waals surface area contributed by atoms with Gasteiger partial charge in [0.15, 0.2) is 5.76 Å². The molecule has 0 radical (unpaired) electrons. The third kappa shape index (κ3) is 2.29. The Bertz CT molecular complexity index is 345. The smallest absolute Gasteiger partial charge is 0.287 e. The molecule has 0 saturated heterocycles. The van der Waals surface area contributed by atoms with Crippen LogP contribution in [0, 0.1) is 11.8 Å². The van der Waals surface area contributed by atoms with E-state index in [-0.39, 0.29) is 5.91 Å². The summed E-state index contributed by atoms with van der Waals surface area (Å²) in [6.45, 7) is 4.48. The average Bonchev–Trinajstić information content (AvgIpc) is 2.78. The fraction of sp³-hybridized carbons (Fsp3) is 0.615. The van der Waals surface area contributed by atoms with Gasteiger partial charge in [0.05, 0.1) is 6.26 Å².